The first-order valence-corrected chi connectivity index (χ1v) is 53.6. The van der Waals surface area contributed by atoms with Crippen LogP contribution >= 0.6 is 90.7 Å². The Morgan fingerprint density at radius 1 is 0.459 bits per heavy atom. The van der Waals surface area contributed by atoms with Crippen LogP contribution in [0.1, 0.15) is 94.5 Å². The Bertz CT molecular complexity index is 1770. The Balaban J connectivity index is 0.000000738. The van der Waals surface area contributed by atoms with E-state index in [1.54, 1.807) is 0 Å². The van der Waals surface area contributed by atoms with Crippen LogP contribution in [0.25, 0.3) is 0 Å². The van der Waals surface area contributed by atoms with E-state index in [2.05, 4.69) is 206 Å². The molecule has 0 heterocycles. The maximum atomic E-state index is 5.04. The SMILES string of the molecule is CC(C)([PH2+]c1ccccc1)[c-]1[cH-][cH-][cH-][cH-]1.CC(C)([PH2+]c1ccccc1)[c-]1cccc1.Cc1c(C)c(C)[c-](C)c1C.Cc1c(C)c(C)[c-](C)c1C.[Cl][Ta]([Cl])([Cl])[Cl].[Cl][Ta]([Cl])([Cl])[Cl].[Fe]. The summed E-state index contributed by atoms with van der Waals surface area (Å²) in [6, 6.07) is 39.1. The maximum absolute atomic E-state index is 5.04. The second-order valence-electron chi connectivity index (χ2n) is 15.9. The summed E-state index contributed by atoms with van der Waals surface area (Å²) in [5, 5.41) is 3.60. The first-order valence-electron chi connectivity index (χ1n) is 19.5. The van der Waals surface area contributed by atoms with Gasteiger partial charge >= 0.3 is 99.1 Å². The van der Waals surface area contributed by atoms with Gasteiger partial charge in [-0.3, -0.25) is 0 Å². The molecule has 0 fully saturated rings. The van der Waals surface area contributed by atoms with Gasteiger partial charge in [-0.25, -0.2) is 12.1 Å². The van der Waals surface area contributed by atoms with Gasteiger partial charge in [0.15, 0.2) is 0 Å². The molecule has 0 nitrogen and oxygen atoms in total. The van der Waals surface area contributed by atoms with Crippen molar-refractivity contribution in [3.8, 4) is 0 Å². The van der Waals surface area contributed by atoms with Crippen LogP contribution in [0.15, 0.2) is 109 Å². The summed E-state index contributed by atoms with van der Waals surface area (Å²) < 4.78 is 0. The van der Waals surface area contributed by atoms with Crippen molar-refractivity contribution in [3.63, 3.8) is 0 Å². The van der Waals surface area contributed by atoms with E-state index in [0.29, 0.717) is 10.3 Å². The van der Waals surface area contributed by atoms with Gasteiger partial charge in [-0.2, -0.15) is 67.8 Å². The van der Waals surface area contributed by atoms with Crippen molar-refractivity contribution in [1.29, 1.82) is 0 Å². The molecule has 6 rings (SSSR count). The maximum Gasteiger partial charge on any atom is 0 e. The summed E-state index contributed by atoms with van der Waals surface area (Å²) in [6.07, 6.45) is 0. The van der Waals surface area contributed by atoms with Crippen molar-refractivity contribution < 1.29 is 42.7 Å². The van der Waals surface area contributed by atoms with Gasteiger partial charge in [0.1, 0.15) is 0 Å². The predicted octanol–water partition coefficient (Wildman–Crippen LogP) is 18.2. The van der Waals surface area contributed by atoms with Gasteiger partial charge in [-0.15, -0.1) is 5.56 Å². The first-order chi connectivity index (χ1) is 27.5. The zero-order valence-corrected chi connectivity index (χ0v) is 53.7. The van der Waals surface area contributed by atoms with Gasteiger partial charge in [0.05, 0.1) is 15.8 Å². The van der Waals surface area contributed by atoms with Crippen LogP contribution in [0, 0.1) is 69.2 Å². The Morgan fingerprint density at radius 3 is 0.967 bits per heavy atom. The Labute approximate surface area is 422 Å². The Morgan fingerprint density at radius 2 is 0.721 bits per heavy atom. The van der Waals surface area contributed by atoms with Gasteiger partial charge in [0.2, 0.25) is 0 Å². The van der Waals surface area contributed by atoms with Gasteiger partial charge in [0, 0.05) is 25.6 Å². The predicted molar refractivity (Wildman–Crippen MR) is 280 cm³/mol. The Hall–Kier alpha value is 1.02. The van der Waals surface area contributed by atoms with Crippen LogP contribution in [0.4, 0.5) is 0 Å². The molecule has 346 valence electrons. The molecular weight excluding hydrogens is 1340 g/mol. The van der Waals surface area contributed by atoms with Crippen molar-refractivity contribution in [3.05, 3.63) is 176 Å². The summed E-state index contributed by atoms with van der Waals surface area (Å²) >= 11 is -6.67. The third-order valence-electron chi connectivity index (χ3n) is 11.1. The molecule has 2 unspecified atom stereocenters. The molecule has 0 amide bonds. The van der Waals surface area contributed by atoms with E-state index in [0.717, 1.165) is 0 Å². The van der Waals surface area contributed by atoms with E-state index in [1.807, 2.05) is 0 Å². The minimum atomic E-state index is -3.33. The zero-order chi connectivity index (χ0) is 46.2. The quantitative estimate of drug-likeness (QED) is 0.0886. The third-order valence-corrected chi connectivity index (χ3v) is 14.6. The fraction of sp³-hybridized carbons (Fsp3) is 0.333. The molecule has 0 radical (unpaired) electrons. The molecule has 0 aliphatic carbocycles. The van der Waals surface area contributed by atoms with Crippen molar-refractivity contribution >= 4 is 101 Å². The molecule has 6 aromatic rings. The van der Waals surface area contributed by atoms with Crippen LogP contribution in [-0.4, -0.2) is 0 Å². The minimum absolute atomic E-state index is 0. The van der Waals surface area contributed by atoms with Crippen LogP contribution < -0.4 is 10.6 Å². The number of rotatable bonds is 6. The summed E-state index contributed by atoms with van der Waals surface area (Å²) in [4.78, 5) is 0. The number of halogens is 8. The molecule has 0 spiro atoms. The fourth-order valence-electron chi connectivity index (χ4n) is 6.52. The number of hydrogen-bond donors (Lipinski definition) is 0. The fourth-order valence-corrected chi connectivity index (χ4v) is 9.73. The van der Waals surface area contributed by atoms with Crippen molar-refractivity contribution in [2.45, 2.75) is 107 Å². The standard InChI is InChI=1S/2C14H16P.2C10H15.8ClH.Fe.2Ta/c2*1-14(2,12-8-6-7-9-12)15-13-10-4-3-5-11-13;2*1-6-7(2)9(4)10(5)8(6)3;;;;;;;;;;;/h2*3-11,15H,1-2H3;2*1-5H3;8*1H;;;/q-5;3*-1;;;;;;;;;;2*+4/p-6. The zero-order valence-electron chi connectivity index (χ0n) is 37.8. The van der Waals surface area contributed by atoms with Crippen LogP contribution in [0.5, 0.6) is 0 Å². The number of hydrogen-bond acceptors (Lipinski definition) is 0. The average Bonchev–Trinajstić information content (AvgIpc) is 3.96. The molecule has 13 heteroatoms. The molecular formula is C48H64Cl8FeP2Ta2-6. The van der Waals surface area contributed by atoms with E-state index in [1.165, 1.54) is 77.4 Å². The second-order valence-corrected chi connectivity index (χ2v) is 76.4. The van der Waals surface area contributed by atoms with Gasteiger partial charge < -0.3 is 29.8 Å². The van der Waals surface area contributed by atoms with Gasteiger partial charge in [-0.1, -0.05) is 125 Å². The smallest absolute Gasteiger partial charge is 0 e. The molecule has 2 atom stereocenters. The van der Waals surface area contributed by atoms with E-state index in [9.17, 15) is 0 Å². The first kappa shape index (κ1) is 62.0. The van der Waals surface area contributed by atoms with E-state index in [4.69, 9.17) is 73.5 Å². The van der Waals surface area contributed by atoms with Crippen LogP contribution in [0.3, 0.4) is 0 Å². The summed E-state index contributed by atoms with van der Waals surface area (Å²) in [5.74, 6) is 0. The minimum Gasteiger partial charge on any atom is 0 e. The normalized spacial score (nSPS) is 11.5. The summed E-state index contributed by atoms with van der Waals surface area (Å²) in [6.45, 7) is 31.3. The molecule has 0 aliphatic rings. The molecule has 0 saturated heterocycles. The molecule has 0 aromatic heterocycles. The third kappa shape index (κ3) is 24.6. The molecule has 0 N–H and O–H groups in total. The van der Waals surface area contributed by atoms with Crippen molar-refractivity contribution in [1.82, 2.24) is 0 Å². The monoisotopic (exact) mass is 1400 g/mol. The summed E-state index contributed by atoms with van der Waals surface area (Å²) in [7, 11) is 40.9. The van der Waals surface area contributed by atoms with Crippen LogP contribution in [-0.2, 0) is 53.0 Å². The largest absolute Gasteiger partial charge is 0 e. The van der Waals surface area contributed by atoms with Gasteiger partial charge in [-0.05, 0) is 46.7 Å². The molecule has 6 aromatic carbocycles. The molecule has 0 saturated carbocycles. The van der Waals surface area contributed by atoms with E-state index < -0.39 is 25.6 Å². The topological polar surface area (TPSA) is 0 Å². The Kier molecular flexibility index (Phi) is 29.5. The number of benzene rings is 2. The van der Waals surface area contributed by atoms with E-state index in [-0.39, 0.29) is 34.2 Å². The average molecular weight is 1400 g/mol. The van der Waals surface area contributed by atoms with Crippen molar-refractivity contribution in [2.75, 3.05) is 0 Å². The molecule has 0 aliphatic heterocycles. The van der Waals surface area contributed by atoms with Gasteiger partial charge in [0.25, 0.3) is 0 Å². The molecule has 61 heavy (non-hydrogen) atoms. The summed E-state index contributed by atoms with van der Waals surface area (Å²) in [5.41, 5.74) is 17.6. The molecule has 0 bridgehead atoms. The second kappa shape index (κ2) is 29.0. The van der Waals surface area contributed by atoms with E-state index >= 15 is 0 Å². The van der Waals surface area contributed by atoms with Crippen LogP contribution in [0.2, 0.25) is 0 Å². The van der Waals surface area contributed by atoms with Crippen molar-refractivity contribution in [2.24, 2.45) is 0 Å².